The number of aromatic amines is 2. The number of aromatic nitrogens is 4. The first-order chi connectivity index (χ1) is 13.2. The number of imidazole rings is 2. The minimum absolute atomic E-state index is 0.267. The maximum atomic E-state index is 12.1. The van der Waals surface area contributed by atoms with E-state index in [1.54, 1.807) is 12.1 Å². The summed E-state index contributed by atoms with van der Waals surface area (Å²) in [4.78, 5) is 27.7. The standard InChI is InChI=1S/C20H15N5O2/c1-11-21-14-6-4-12(9-16(14)22-11)19-24-15-7-5-13(10-17(15)25-19)23-20(26)18-3-2-8-27-18/h2-10H,1H3,(H,21,22)(H,23,26)(H,24,25). The van der Waals surface area contributed by atoms with Gasteiger partial charge in [0, 0.05) is 11.3 Å². The molecule has 0 saturated carbocycles. The van der Waals surface area contributed by atoms with Gasteiger partial charge in [0.15, 0.2) is 5.76 Å². The number of benzene rings is 2. The largest absolute Gasteiger partial charge is 0.459 e. The quantitative estimate of drug-likeness (QED) is 0.449. The van der Waals surface area contributed by atoms with Gasteiger partial charge in [0.1, 0.15) is 11.6 Å². The molecule has 2 aromatic carbocycles. The van der Waals surface area contributed by atoms with Crippen LogP contribution < -0.4 is 5.32 Å². The molecule has 3 N–H and O–H groups in total. The summed E-state index contributed by atoms with van der Waals surface area (Å²) < 4.78 is 5.11. The second kappa shape index (κ2) is 5.84. The molecule has 5 rings (SSSR count). The Kier molecular flexibility index (Phi) is 3.33. The number of carbonyl (C=O) groups excluding carboxylic acids is 1. The lowest BCUT2D eigenvalue weighted by atomic mass is 10.2. The van der Waals surface area contributed by atoms with Crippen molar-refractivity contribution in [2.75, 3.05) is 5.32 Å². The Morgan fingerprint density at radius 2 is 1.81 bits per heavy atom. The molecule has 0 spiro atoms. The summed E-state index contributed by atoms with van der Waals surface area (Å²) in [6.07, 6.45) is 1.47. The minimum Gasteiger partial charge on any atom is -0.459 e. The number of nitrogens with zero attached hydrogens (tertiary/aromatic N) is 2. The summed E-state index contributed by atoms with van der Waals surface area (Å²) in [5.41, 5.74) is 5.18. The van der Waals surface area contributed by atoms with E-state index in [2.05, 4.69) is 25.3 Å². The van der Waals surface area contributed by atoms with Gasteiger partial charge in [-0.25, -0.2) is 9.97 Å². The van der Waals surface area contributed by atoms with Crippen molar-refractivity contribution in [1.82, 2.24) is 19.9 Å². The Hall–Kier alpha value is -3.87. The van der Waals surface area contributed by atoms with E-state index in [0.717, 1.165) is 39.3 Å². The van der Waals surface area contributed by atoms with Gasteiger partial charge in [-0.15, -0.1) is 0 Å². The molecule has 0 atom stereocenters. The highest BCUT2D eigenvalue weighted by Gasteiger charge is 2.11. The first-order valence-electron chi connectivity index (χ1n) is 8.47. The Morgan fingerprint density at radius 1 is 1.00 bits per heavy atom. The van der Waals surface area contributed by atoms with Gasteiger partial charge in [-0.3, -0.25) is 4.79 Å². The molecule has 3 aromatic heterocycles. The number of hydrogen-bond acceptors (Lipinski definition) is 4. The molecule has 0 fully saturated rings. The monoisotopic (exact) mass is 357 g/mol. The molecule has 0 bridgehead atoms. The number of amides is 1. The zero-order chi connectivity index (χ0) is 18.4. The molecule has 7 nitrogen and oxygen atoms in total. The van der Waals surface area contributed by atoms with Crippen molar-refractivity contribution in [2.45, 2.75) is 6.92 Å². The van der Waals surface area contributed by atoms with Crippen molar-refractivity contribution >= 4 is 33.7 Å². The Bertz CT molecular complexity index is 1280. The highest BCUT2D eigenvalue weighted by molar-refractivity contribution is 6.03. The number of H-pyrrole nitrogens is 2. The summed E-state index contributed by atoms with van der Waals surface area (Å²) in [7, 11) is 0. The summed E-state index contributed by atoms with van der Waals surface area (Å²) in [6.45, 7) is 1.93. The van der Waals surface area contributed by atoms with Gasteiger partial charge in [-0.2, -0.15) is 0 Å². The van der Waals surface area contributed by atoms with Crippen LogP contribution in [-0.4, -0.2) is 25.8 Å². The van der Waals surface area contributed by atoms with Gasteiger partial charge < -0.3 is 19.7 Å². The van der Waals surface area contributed by atoms with Crippen LogP contribution in [0.25, 0.3) is 33.5 Å². The lowest BCUT2D eigenvalue weighted by Crippen LogP contribution is -2.10. The zero-order valence-corrected chi connectivity index (χ0v) is 14.4. The van der Waals surface area contributed by atoms with Crippen molar-refractivity contribution in [2.24, 2.45) is 0 Å². The van der Waals surface area contributed by atoms with Crippen LogP contribution in [0.3, 0.4) is 0 Å². The normalized spacial score (nSPS) is 11.3. The van der Waals surface area contributed by atoms with Crippen molar-refractivity contribution in [3.05, 3.63) is 66.4 Å². The zero-order valence-electron chi connectivity index (χ0n) is 14.4. The van der Waals surface area contributed by atoms with Gasteiger partial charge in [0.05, 0.1) is 28.3 Å². The smallest absolute Gasteiger partial charge is 0.291 e. The van der Waals surface area contributed by atoms with E-state index >= 15 is 0 Å². The van der Waals surface area contributed by atoms with Crippen LogP contribution in [0.4, 0.5) is 5.69 Å². The van der Waals surface area contributed by atoms with Crippen LogP contribution in [0, 0.1) is 6.92 Å². The molecular weight excluding hydrogens is 342 g/mol. The first-order valence-corrected chi connectivity index (χ1v) is 8.47. The number of fused-ring (bicyclic) bond motifs is 2. The summed E-state index contributed by atoms with van der Waals surface area (Å²) in [6, 6.07) is 14.8. The number of anilines is 1. The van der Waals surface area contributed by atoms with Crippen LogP contribution in [0.15, 0.2) is 59.2 Å². The van der Waals surface area contributed by atoms with Crippen molar-refractivity contribution < 1.29 is 9.21 Å². The molecule has 5 aromatic rings. The summed E-state index contributed by atoms with van der Waals surface area (Å²) in [5.74, 6) is 1.61. The number of furan rings is 1. The summed E-state index contributed by atoms with van der Waals surface area (Å²) in [5, 5.41) is 2.82. The minimum atomic E-state index is -0.292. The molecular formula is C20H15N5O2. The number of carbonyl (C=O) groups is 1. The number of rotatable bonds is 3. The van der Waals surface area contributed by atoms with Gasteiger partial charge >= 0.3 is 0 Å². The summed E-state index contributed by atoms with van der Waals surface area (Å²) >= 11 is 0. The Morgan fingerprint density at radius 3 is 2.67 bits per heavy atom. The molecule has 0 radical (unpaired) electrons. The molecule has 0 aliphatic heterocycles. The van der Waals surface area contributed by atoms with E-state index in [1.807, 2.05) is 43.3 Å². The van der Waals surface area contributed by atoms with Gasteiger partial charge in [0.25, 0.3) is 5.91 Å². The third-order valence-electron chi connectivity index (χ3n) is 4.36. The molecule has 3 heterocycles. The third kappa shape index (κ3) is 2.75. The van der Waals surface area contributed by atoms with Gasteiger partial charge in [-0.05, 0) is 55.5 Å². The van der Waals surface area contributed by atoms with Crippen LogP contribution in [-0.2, 0) is 0 Å². The molecule has 27 heavy (non-hydrogen) atoms. The second-order valence-electron chi connectivity index (χ2n) is 6.30. The Labute approximate surface area is 153 Å². The fourth-order valence-corrected chi connectivity index (χ4v) is 3.11. The molecule has 1 amide bonds. The number of hydrogen-bond donors (Lipinski definition) is 3. The maximum absolute atomic E-state index is 12.1. The molecule has 132 valence electrons. The third-order valence-corrected chi connectivity index (χ3v) is 4.36. The first kappa shape index (κ1) is 15.4. The van der Waals surface area contributed by atoms with Gasteiger partial charge in [-0.1, -0.05) is 0 Å². The van der Waals surface area contributed by atoms with Crippen LogP contribution in [0.2, 0.25) is 0 Å². The molecule has 7 heteroatoms. The highest BCUT2D eigenvalue weighted by Crippen LogP contribution is 2.25. The highest BCUT2D eigenvalue weighted by atomic mass is 16.3. The number of nitrogens with one attached hydrogen (secondary N) is 3. The topological polar surface area (TPSA) is 99.6 Å². The average Bonchev–Trinajstić information content (AvgIpc) is 3.39. The van der Waals surface area contributed by atoms with E-state index in [9.17, 15) is 4.79 Å². The molecule has 0 aliphatic rings. The van der Waals surface area contributed by atoms with Crippen LogP contribution >= 0.6 is 0 Å². The second-order valence-corrected chi connectivity index (χ2v) is 6.30. The predicted molar refractivity (Wildman–Crippen MR) is 103 cm³/mol. The van der Waals surface area contributed by atoms with E-state index in [0.29, 0.717) is 5.69 Å². The Balaban J connectivity index is 1.48. The predicted octanol–water partition coefficient (Wildman–Crippen LogP) is 4.26. The molecule has 0 aliphatic carbocycles. The molecule has 0 unspecified atom stereocenters. The lowest BCUT2D eigenvalue weighted by Gasteiger charge is -2.02. The van der Waals surface area contributed by atoms with Crippen molar-refractivity contribution in [1.29, 1.82) is 0 Å². The van der Waals surface area contributed by atoms with E-state index in [1.165, 1.54) is 6.26 Å². The van der Waals surface area contributed by atoms with Crippen LogP contribution in [0.1, 0.15) is 16.4 Å². The van der Waals surface area contributed by atoms with E-state index in [4.69, 9.17) is 4.42 Å². The molecule has 0 saturated heterocycles. The lowest BCUT2D eigenvalue weighted by molar-refractivity contribution is 0.0996. The van der Waals surface area contributed by atoms with E-state index in [-0.39, 0.29) is 11.7 Å². The average molecular weight is 357 g/mol. The van der Waals surface area contributed by atoms with Gasteiger partial charge in [0.2, 0.25) is 0 Å². The van der Waals surface area contributed by atoms with Crippen molar-refractivity contribution in [3.8, 4) is 11.4 Å². The fraction of sp³-hybridized carbons (Fsp3) is 0.0500. The fourth-order valence-electron chi connectivity index (χ4n) is 3.11. The van der Waals surface area contributed by atoms with Crippen molar-refractivity contribution in [3.63, 3.8) is 0 Å². The maximum Gasteiger partial charge on any atom is 0.291 e. The van der Waals surface area contributed by atoms with Crippen LogP contribution in [0.5, 0.6) is 0 Å². The SMILES string of the molecule is Cc1nc2ccc(-c3nc4ccc(NC(=O)c5ccco5)cc4[nH]3)cc2[nH]1. The van der Waals surface area contributed by atoms with E-state index < -0.39 is 0 Å². The number of aryl methyl sites for hydroxylation is 1.